The third-order valence-electron chi connectivity index (χ3n) is 4.66. The van der Waals surface area contributed by atoms with Gasteiger partial charge < -0.3 is 15.4 Å². The molecule has 1 aliphatic heterocycles. The largest absolute Gasteiger partial charge is 0.381 e. The molecule has 24 heavy (non-hydrogen) atoms. The van der Waals surface area contributed by atoms with Crippen LogP contribution in [0, 0.1) is 6.92 Å². The van der Waals surface area contributed by atoms with Gasteiger partial charge in [0.2, 0.25) is 0 Å². The second-order valence-corrected chi connectivity index (χ2v) is 6.64. The monoisotopic (exact) mass is 341 g/mol. The molecule has 0 radical (unpaired) electrons. The van der Waals surface area contributed by atoms with Gasteiger partial charge in [0, 0.05) is 31.4 Å². The van der Waals surface area contributed by atoms with Crippen molar-refractivity contribution in [2.75, 3.05) is 25.1 Å². The summed E-state index contributed by atoms with van der Waals surface area (Å²) in [6.07, 6.45) is 3.76. The predicted octanol–water partition coefficient (Wildman–Crippen LogP) is 3.42. The van der Waals surface area contributed by atoms with Crippen molar-refractivity contribution < 1.29 is 4.74 Å². The highest BCUT2D eigenvalue weighted by Crippen LogP contribution is 2.34. The Morgan fingerprint density at radius 1 is 1.17 bits per heavy atom. The number of ether oxygens (including phenoxy) is 1. The molecule has 0 saturated carbocycles. The second-order valence-electron chi connectivity index (χ2n) is 6.24. The van der Waals surface area contributed by atoms with Crippen molar-refractivity contribution in [2.45, 2.75) is 25.2 Å². The molecule has 4 nitrogen and oxygen atoms in total. The van der Waals surface area contributed by atoms with Crippen molar-refractivity contribution >= 4 is 23.1 Å². The highest BCUT2D eigenvalue weighted by atomic mass is 32.1. The number of nitrogens with one attached hydrogen (secondary N) is 2. The maximum Gasteiger partial charge on any atom is 0.171 e. The first kappa shape index (κ1) is 16.9. The lowest BCUT2D eigenvalue weighted by atomic mass is 9.74. The minimum Gasteiger partial charge on any atom is -0.381 e. The zero-order valence-electron chi connectivity index (χ0n) is 13.9. The molecule has 1 saturated heterocycles. The molecule has 1 fully saturated rings. The van der Waals surface area contributed by atoms with E-state index in [2.05, 4.69) is 45.9 Å². The molecule has 0 atom stereocenters. The average molecular weight is 341 g/mol. The number of nitrogens with zero attached hydrogens (tertiary/aromatic N) is 1. The maximum atomic E-state index is 5.58. The SMILES string of the molecule is Cc1cccnc1NC(=S)NCC1(c2ccccc2)CCOCC1. The van der Waals surface area contributed by atoms with E-state index in [-0.39, 0.29) is 5.41 Å². The molecule has 0 amide bonds. The summed E-state index contributed by atoms with van der Waals surface area (Å²) in [6.45, 7) is 4.38. The summed E-state index contributed by atoms with van der Waals surface area (Å²) in [4.78, 5) is 4.33. The fraction of sp³-hybridized carbons (Fsp3) is 0.368. The molecule has 1 aromatic carbocycles. The molecule has 5 heteroatoms. The summed E-state index contributed by atoms with van der Waals surface area (Å²) in [5, 5.41) is 7.20. The van der Waals surface area contributed by atoms with Crippen LogP contribution >= 0.6 is 12.2 Å². The quantitative estimate of drug-likeness (QED) is 0.835. The second kappa shape index (κ2) is 7.73. The van der Waals surface area contributed by atoms with Crippen LogP contribution in [0.4, 0.5) is 5.82 Å². The van der Waals surface area contributed by atoms with Crippen LogP contribution in [0.5, 0.6) is 0 Å². The van der Waals surface area contributed by atoms with Crippen LogP contribution < -0.4 is 10.6 Å². The van der Waals surface area contributed by atoms with Crippen LogP contribution in [0.1, 0.15) is 24.0 Å². The molecule has 2 aromatic rings. The minimum atomic E-state index is 0.0599. The molecule has 3 rings (SSSR count). The van der Waals surface area contributed by atoms with Crippen LogP contribution in [-0.4, -0.2) is 29.9 Å². The number of aromatic nitrogens is 1. The average Bonchev–Trinajstić information content (AvgIpc) is 2.63. The van der Waals surface area contributed by atoms with Gasteiger partial charge >= 0.3 is 0 Å². The number of thiocarbonyl (C=S) groups is 1. The van der Waals surface area contributed by atoms with Crippen molar-refractivity contribution in [1.82, 2.24) is 10.3 Å². The smallest absolute Gasteiger partial charge is 0.171 e. The van der Waals surface area contributed by atoms with Crippen LogP contribution in [0.25, 0.3) is 0 Å². The Morgan fingerprint density at radius 3 is 2.62 bits per heavy atom. The highest BCUT2D eigenvalue weighted by molar-refractivity contribution is 7.80. The molecule has 1 aromatic heterocycles. The van der Waals surface area contributed by atoms with E-state index in [4.69, 9.17) is 17.0 Å². The molecule has 0 aliphatic carbocycles. The van der Waals surface area contributed by atoms with E-state index in [9.17, 15) is 0 Å². The van der Waals surface area contributed by atoms with Crippen molar-refractivity contribution in [3.05, 3.63) is 59.8 Å². The molecule has 0 unspecified atom stereocenters. The van der Waals surface area contributed by atoms with Crippen LogP contribution in [0.3, 0.4) is 0 Å². The Morgan fingerprint density at radius 2 is 1.92 bits per heavy atom. The summed E-state index contributed by atoms with van der Waals surface area (Å²) in [5.74, 6) is 0.802. The molecule has 2 N–H and O–H groups in total. The number of hydrogen-bond acceptors (Lipinski definition) is 3. The normalized spacial score (nSPS) is 16.4. The van der Waals surface area contributed by atoms with Gasteiger partial charge in [0.1, 0.15) is 5.82 Å². The number of rotatable bonds is 4. The summed E-state index contributed by atoms with van der Waals surface area (Å²) < 4.78 is 5.58. The van der Waals surface area contributed by atoms with Gasteiger partial charge in [-0.2, -0.15) is 0 Å². The standard InChI is InChI=1S/C19H23N3OS/c1-15-6-5-11-20-17(15)22-18(24)21-14-19(9-12-23-13-10-19)16-7-3-2-4-8-16/h2-8,11H,9-10,12-14H2,1H3,(H2,20,21,22,24). The summed E-state index contributed by atoms with van der Waals surface area (Å²) in [5.41, 5.74) is 2.48. The third-order valence-corrected chi connectivity index (χ3v) is 4.91. The fourth-order valence-electron chi connectivity index (χ4n) is 3.14. The van der Waals surface area contributed by atoms with Crippen LogP contribution in [0.15, 0.2) is 48.7 Å². The van der Waals surface area contributed by atoms with E-state index in [0.29, 0.717) is 5.11 Å². The maximum absolute atomic E-state index is 5.58. The fourth-order valence-corrected chi connectivity index (χ4v) is 3.31. The van der Waals surface area contributed by atoms with Crippen LogP contribution in [-0.2, 0) is 10.2 Å². The van der Waals surface area contributed by atoms with E-state index in [1.807, 2.05) is 19.1 Å². The number of hydrogen-bond donors (Lipinski definition) is 2. The Bertz CT molecular complexity index is 684. The third kappa shape index (κ3) is 3.91. The van der Waals surface area contributed by atoms with Crippen molar-refractivity contribution in [1.29, 1.82) is 0 Å². The Balaban J connectivity index is 1.68. The predicted molar refractivity (Wildman–Crippen MR) is 101 cm³/mol. The first-order valence-electron chi connectivity index (χ1n) is 8.29. The topological polar surface area (TPSA) is 46.2 Å². The Labute approximate surface area is 148 Å². The van der Waals surface area contributed by atoms with Crippen molar-refractivity contribution in [2.24, 2.45) is 0 Å². The van der Waals surface area contributed by atoms with Gasteiger partial charge in [0.05, 0.1) is 0 Å². The molecule has 1 aliphatic rings. The first-order chi connectivity index (χ1) is 11.7. The number of anilines is 1. The number of benzene rings is 1. The van der Waals surface area contributed by atoms with Gasteiger partial charge in [-0.15, -0.1) is 0 Å². The molecule has 0 bridgehead atoms. The lowest BCUT2D eigenvalue weighted by Crippen LogP contribution is -2.45. The first-order valence-corrected chi connectivity index (χ1v) is 8.70. The van der Waals surface area contributed by atoms with Gasteiger partial charge in [0.15, 0.2) is 5.11 Å². The zero-order valence-corrected chi connectivity index (χ0v) is 14.7. The molecular formula is C19H23N3OS. The van der Waals surface area contributed by atoms with Crippen LogP contribution in [0.2, 0.25) is 0 Å². The molecule has 2 heterocycles. The summed E-state index contributed by atoms with van der Waals surface area (Å²) >= 11 is 5.47. The van der Waals surface area contributed by atoms with E-state index >= 15 is 0 Å². The summed E-state index contributed by atoms with van der Waals surface area (Å²) in [7, 11) is 0. The Kier molecular flexibility index (Phi) is 5.43. The van der Waals surface area contributed by atoms with E-state index < -0.39 is 0 Å². The molecular weight excluding hydrogens is 318 g/mol. The summed E-state index contributed by atoms with van der Waals surface area (Å²) in [6, 6.07) is 14.6. The highest BCUT2D eigenvalue weighted by Gasteiger charge is 2.34. The van der Waals surface area contributed by atoms with Gasteiger partial charge in [-0.1, -0.05) is 36.4 Å². The van der Waals surface area contributed by atoms with Gasteiger partial charge in [0.25, 0.3) is 0 Å². The van der Waals surface area contributed by atoms with E-state index in [1.165, 1.54) is 5.56 Å². The van der Waals surface area contributed by atoms with Crippen molar-refractivity contribution in [3.63, 3.8) is 0 Å². The van der Waals surface area contributed by atoms with E-state index in [0.717, 1.165) is 44.0 Å². The van der Waals surface area contributed by atoms with Gasteiger partial charge in [-0.3, -0.25) is 0 Å². The number of pyridine rings is 1. The zero-order chi connectivity index (χ0) is 16.8. The lowest BCUT2D eigenvalue weighted by molar-refractivity contribution is 0.0515. The van der Waals surface area contributed by atoms with Crippen molar-refractivity contribution in [3.8, 4) is 0 Å². The Hall–Kier alpha value is -1.98. The number of aryl methyl sites for hydroxylation is 1. The minimum absolute atomic E-state index is 0.0599. The van der Waals surface area contributed by atoms with E-state index in [1.54, 1.807) is 6.20 Å². The lowest BCUT2D eigenvalue weighted by Gasteiger charge is -2.38. The van der Waals surface area contributed by atoms with Gasteiger partial charge in [-0.25, -0.2) is 4.98 Å². The molecule has 126 valence electrons. The molecule has 0 spiro atoms. The van der Waals surface area contributed by atoms with Gasteiger partial charge in [-0.05, 0) is 49.2 Å².